The Labute approximate surface area is 160 Å². The zero-order chi connectivity index (χ0) is 19.5. The highest BCUT2D eigenvalue weighted by atomic mass is 35.5. The van der Waals surface area contributed by atoms with Crippen molar-refractivity contribution < 1.29 is 17.6 Å². The molecule has 1 aromatic carbocycles. The molecule has 27 heavy (non-hydrogen) atoms. The van der Waals surface area contributed by atoms with Gasteiger partial charge in [-0.25, -0.2) is 9.37 Å². The summed E-state index contributed by atoms with van der Waals surface area (Å²) in [4.78, 5) is 17.3. The summed E-state index contributed by atoms with van der Waals surface area (Å²) in [6, 6.07) is 4.31. The van der Waals surface area contributed by atoms with E-state index in [2.05, 4.69) is 11.9 Å². The maximum atomic E-state index is 14.2. The van der Waals surface area contributed by atoms with E-state index in [1.54, 1.807) is 0 Å². The summed E-state index contributed by atoms with van der Waals surface area (Å²) in [5, 5.41) is 0. The van der Waals surface area contributed by atoms with Gasteiger partial charge < -0.3 is 0 Å². The molecule has 0 amide bonds. The summed E-state index contributed by atoms with van der Waals surface area (Å²) in [5.41, 5.74) is -0.925. The van der Waals surface area contributed by atoms with Gasteiger partial charge in [0.25, 0.3) is 5.56 Å². The molecule has 1 fully saturated rings. The highest BCUT2D eigenvalue weighted by Gasteiger charge is 2.39. The van der Waals surface area contributed by atoms with E-state index in [0.29, 0.717) is 21.3 Å². The molecule has 1 unspecified atom stereocenters. The molecule has 1 saturated carbocycles. The molecular formula is C18H13ClF4N2OS. The van der Waals surface area contributed by atoms with Crippen LogP contribution in [0.5, 0.6) is 0 Å². The number of thiazole rings is 1. The van der Waals surface area contributed by atoms with Gasteiger partial charge in [-0.15, -0.1) is 0 Å². The van der Waals surface area contributed by atoms with Crippen molar-refractivity contribution in [1.29, 1.82) is 0 Å². The number of alkyl halides is 3. The van der Waals surface area contributed by atoms with E-state index < -0.39 is 17.6 Å². The summed E-state index contributed by atoms with van der Waals surface area (Å²) >= 11 is 7.43. The molecule has 3 nitrogen and oxygen atoms in total. The fourth-order valence-electron chi connectivity index (χ4n) is 3.25. The Morgan fingerprint density at radius 1 is 1.37 bits per heavy atom. The van der Waals surface area contributed by atoms with Crippen LogP contribution in [0.4, 0.5) is 17.6 Å². The van der Waals surface area contributed by atoms with E-state index in [1.165, 1.54) is 16.5 Å². The second-order valence-electron chi connectivity index (χ2n) is 6.74. The van der Waals surface area contributed by atoms with E-state index in [-0.39, 0.29) is 29.2 Å². The van der Waals surface area contributed by atoms with Gasteiger partial charge in [0.05, 0.1) is 17.0 Å². The van der Waals surface area contributed by atoms with Crippen molar-refractivity contribution in [2.75, 3.05) is 0 Å². The van der Waals surface area contributed by atoms with Crippen LogP contribution in [0.25, 0.3) is 4.96 Å². The number of halogens is 5. The van der Waals surface area contributed by atoms with Crippen LogP contribution in [0.1, 0.15) is 41.8 Å². The largest absolute Gasteiger partial charge is 0.419 e. The number of aromatic nitrogens is 2. The minimum absolute atomic E-state index is 0.167. The van der Waals surface area contributed by atoms with Crippen LogP contribution < -0.4 is 5.56 Å². The number of benzene rings is 1. The second kappa shape index (κ2) is 6.31. The first kappa shape index (κ1) is 18.4. The molecule has 0 aliphatic heterocycles. The molecule has 1 aliphatic carbocycles. The minimum Gasteiger partial charge on any atom is -0.269 e. The predicted molar refractivity (Wildman–Crippen MR) is 95.1 cm³/mol. The molecule has 4 rings (SSSR count). The van der Waals surface area contributed by atoms with Gasteiger partial charge in [0.1, 0.15) is 10.2 Å². The first-order valence-corrected chi connectivity index (χ1v) is 9.41. The smallest absolute Gasteiger partial charge is 0.269 e. The zero-order valence-electron chi connectivity index (χ0n) is 14.0. The molecule has 9 heteroatoms. The topological polar surface area (TPSA) is 34.4 Å². The van der Waals surface area contributed by atoms with Gasteiger partial charge in [-0.3, -0.25) is 9.20 Å². The Balaban J connectivity index is 1.75. The second-order valence-corrected chi connectivity index (χ2v) is 8.32. The Morgan fingerprint density at radius 3 is 2.70 bits per heavy atom. The summed E-state index contributed by atoms with van der Waals surface area (Å²) in [5.74, 6) is -0.702. The van der Waals surface area contributed by atoms with Crippen molar-refractivity contribution >= 4 is 27.9 Å². The van der Waals surface area contributed by atoms with Gasteiger partial charge in [-0.2, -0.15) is 13.2 Å². The predicted octanol–water partition coefficient (Wildman–Crippen LogP) is 5.28. The lowest BCUT2D eigenvalue weighted by molar-refractivity contribution is -0.140. The lowest BCUT2D eigenvalue weighted by Crippen LogP contribution is -2.17. The SMILES string of the molecule is CC1C[C@H]1c1c(Cl)sc2nc(Cc3cccc(C(F)(F)F)c3F)cc(=O)n12. The molecule has 2 aromatic heterocycles. The van der Waals surface area contributed by atoms with Gasteiger partial charge in [-0.1, -0.05) is 42.0 Å². The Morgan fingerprint density at radius 2 is 2.07 bits per heavy atom. The number of fused-ring (bicyclic) bond motifs is 1. The van der Waals surface area contributed by atoms with Crippen LogP contribution in [0, 0.1) is 11.7 Å². The third-order valence-corrected chi connectivity index (χ3v) is 6.05. The van der Waals surface area contributed by atoms with Crippen LogP contribution >= 0.6 is 22.9 Å². The quantitative estimate of drug-likeness (QED) is 0.544. The number of hydrogen-bond acceptors (Lipinski definition) is 3. The molecular weight excluding hydrogens is 404 g/mol. The fourth-order valence-corrected chi connectivity index (χ4v) is 4.63. The van der Waals surface area contributed by atoms with E-state index in [1.807, 2.05) is 0 Å². The third kappa shape index (κ3) is 3.25. The molecule has 0 radical (unpaired) electrons. The third-order valence-electron chi connectivity index (χ3n) is 4.78. The zero-order valence-corrected chi connectivity index (χ0v) is 15.6. The van der Waals surface area contributed by atoms with Gasteiger partial charge in [-0.05, 0) is 24.0 Å². The normalized spacial score (nSPS) is 19.6. The van der Waals surface area contributed by atoms with Crippen molar-refractivity contribution in [1.82, 2.24) is 9.38 Å². The lowest BCUT2D eigenvalue weighted by atomic mass is 10.0. The van der Waals surface area contributed by atoms with Crippen LogP contribution in [0.15, 0.2) is 29.1 Å². The lowest BCUT2D eigenvalue weighted by Gasteiger charge is -2.11. The number of rotatable bonds is 3. The Hall–Kier alpha value is -1.93. The minimum atomic E-state index is -4.78. The van der Waals surface area contributed by atoms with Crippen molar-refractivity contribution in [2.45, 2.75) is 31.9 Å². The van der Waals surface area contributed by atoms with Crippen molar-refractivity contribution in [3.05, 3.63) is 67.3 Å². The monoisotopic (exact) mass is 416 g/mol. The summed E-state index contributed by atoms with van der Waals surface area (Å²) in [7, 11) is 0. The summed E-state index contributed by atoms with van der Waals surface area (Å²) in [6.07, 6.45) is -4.06. The fraction of sp³-hybridized carbons (Fsp3) is 0.333. The van der Waals surface area contributed by atoms with Gasteiger partial charge in [0.2, 0.25) is 0 Å². The molecule has 142 valence electrons. The van der Waals surface area contributed by atoms with Crippen molar-refractivity contribution in [3.63, 3.8) is 0 Å². The van der Waals surface area contributed by atoms with Crippen molar-refractivity contribution in [2.24, 2.45) is 5.92 Å². The summed E-state index contributed by atoms with van der Waals surface area (Å²) < 4.78 is 54.8. The molecule has 0 saturated heterocycles. The first-order chi connectivity index (χ1) is 12.7. The van der Waals surface area contributed by atoms with Crippen LogP contribution in [0.3, 0.4) is 0 Å². The van der Waals surface area contributed by atoms with Gasteiger partial charge in [0.15, 0.2) is 4.96 Å². The molecule has 2 heterocycles. The maximum absolute atomic E-state index is 14.2. The molecule has 0 bridgehead atoms. The van der Waals surface area contributed by atoms with Gasteiger partial charge >= 0.3 is 6.18 Å². The summed E-state index contributed by atoms with van der Waals surface area (Å²) in [6.45, 7) is 2.06. The molecule has 1 aliphatic rings. The number of nitrogens with zero attached hydrogens (tertiary/aromatic N) is 2. The van der Waals surface area contributed by atoms with Crippen molar-refractivity contribution in [3.8, 4) is 0 Å². The number of hydrogen-bond donors (Lipinski definition) is 0. The van der Waals surface area contributed by atoms with E-state index in [9.17, 15) is 22.4 Å². The molecule has 0 spiro atoms. The van der Waals surface area contributed by atoms with E-state index >= 15 is 0 Å². The van der Waals surface area contributed by atoms with Crippen LogP contribution in [-0.2, 0) is 12.6 Å². The average Bonchev–Trinajstić information content (AvgIpc) is 3.17. The van der Waals surface area contributed by atoms with E-state index in [4.69, 9.17) is 11.6 Å². The van der Waals surface area contributed by atoms with Gasteiger partial charge in [0, 0.05) is 18.4 Å². The molecule has 2 atom stereocenters. The van der Waals surface area contributed by atoms with Crippen LogP contribution in [-0.4, -0.2) is 9.38 Å². The van der Waals surface area contributed by atoms with E-state index in [0.717, 1.165) is 29.5 Å². The maximum Gasteiger partial charge on any atom is 0.419 e. The molecule has 3 aromatic rings. The van der Waals surface area contributed by atoms with Crippen LogP contribution in [0.2, 0.25) is 4.34 Å². The Kier molecular flexibility index (Phi) is 4.31. The Bertz CT molecular complexity index is 1110. The molecule has 0 N–H and O–H groups in total. The highest BCUT2D eigenvalue weighted by Crippen LogP contribution is 2.50. The highest BCUT2D eigenvalue weighted by molar-refractivity contribution is 7.21. The average molecular weight is 417 g/mol. The standard InChI is InChI=1S/C18H13ClF4N2OS/c1-8-5-11(8)15-16(19)27-17-24-10(7-13(26)25(15)17)6-9-3-2-4-12(14(9)20)18(21,22)23/h2-4,7-8,11H,5-6H2,1H3/t8?,11-/m1/s1. The first-order valence-electron chi connectivity index (χ1n) is 8.22.